The van der Waals surface area contributed by atoms with Gasteiger partial charge in [-0.05, 0) is 30.3 Å². The molecule has 0 saturated heterocycles. The number of carbonyl (C=O) groups is 1. The Morgan fingerprint density at radius 2 is 1.94 bits per heavy atom. The second-order valence-corrected chi connectivity index (χ2v) is 3.96. The number of aromatic nitrogens is 2. The average molecular weight is 240 g/mol. The van der Waals surface area contributed by atoms with Crippen LogP contribution in [0.25, 0.3) is 22.2 Å². The lowest BCUT2D eigenvalue weighted by atomic mass is 10.1. The molecule has 3 rings (SSSR count). The maximum atomic E-state index is 13.2. The largest absolute Gasteiger partial charge is 0.354 e. The first-order valence-electron chi connectivity index (χ1n) is 5.46. The van der Waals surface area contributed by atoms with Gasteiger partial charge in [-0.3, -0.25) is 9.78 Å². The molecule has 0 unspecified atom stereocenters. The third-order valence-electron chi connectivity index (χ3n) is 2.89. The maximum absolute atomic E-state index is 13.2. The standard InChI is InChI=1S/C14H9FN2O/c15-10-1-2-13-11(7-10)12(8-18)14(17-13)9-3-5-16-6-4-9/h1-8,17H. The van der Waals surface area contributed by atoms with Crippen LogP contribution < -0.4 is 0 Å². The van der Waals surface area contributed by atoms with Crippen molar-refractivity contribution in [2.75, 3.05) is 0 Å². The number of nitrogens with zero attached hydrogens (tertiary/aromatic N) is 1. The summed E-state index contributed by atoms with van der Waals surface area (Å²) in [6.45, 7) is 0. The zero-order chi connectivity index (χ0) is 12.5. The van der Waals surface area contributed by atoms with E-state index in [1.807, 2.05) is 0 Å². The monoisotopic (exact) mass is 240 g/mol. The summed E-state index contributed by atoms with van der Waals surface area (Å²) in [4.78, 5) is 18.3. The summed E-state index contributed by atoms with van der Waals surface area (Å²) < 4.78 is 13.2. The second-order valence-electron chi connectivity index (χ2n) is 3.96. The molecular weight excluding hydrogens is 231 g/mol. The van der Waals surface area contributed by atoms with Crippen LogP contribution in [0.4, 0.5) is 4.39 Å². The van der Waals surface area contributed by atoms with Gasteiger partial charge >= 0.3 is 0 Å². The summed E-state index contributed by atoms with van der Waals surface area (Å²) >= 11 is 0. The zero-order valence-electron chi connectivity index (χ0n) is 9.35. The van der Waals surface area contributed by atoms with Crippen molar-refractivity contribution < 1.29 is 9.18 Å². The van der Waals surface area contributed by atoms with Crippen molar-refractivity contribution in [2.24, 2.45) is 0 Å². The number of halogens is 1. The van der Waals surface area contributed by atoms with Crippen LogP contribution in [0, 0.1) is 5.82 Å². The third kappa shape index (κ3) is 1.59. The molecule has 0 aliphatic rings. The molecule has 2 aromatic heterocycles. The van der Waals surface area contributed by atoms with Crippen molar-refractivity contribution >= 4 is 17.2 Å². The quantitative estimate of drug-likeness (QED) is 0.699. The Hall–Kier alpha value is -2.49. The molecule has 3 aromatic rings. The number of nitrogens with one attached hydrogen (secondary N) is 1. The first kappa shape index (κ1) is 10.7. The molecule has 0 amide bonds. The van der Waals surface area contributed by atoms with Crippen molar-refractivity contribution in [3.05, 3.63) is 54.1 Å². The number of hydrogen-bond donors (Lipinski definition) is 1. The molecule has 18 heavy (non-hydrogen) atoms. The normalized spacial score (nSPS) is 10.7. The second kappa shape index (κ2) is 4.07. The highest BCUT2D eigenvalue weighted by Gasteiger charge is 2.12. The molecule has 0 saturated carbocycles. The molecule has 2 heterocycles. The van der Waals surface area contributed by atoms with Crippen LogP contribution in [-0.4, -0.2) is 16.3 Å². The summed E-state index contributed by atoms with van der Waals surface area (Å²) in [6.07, 6.45) is 4.04. The van der Waals surface area contributed by atoms with E-state index in [1.165, 1.54) is 12.1 Å². The van der Waals surface area contributed by atoms with Crippen LogP contribution >= 0.6 is 0 Å². The topological polar surface area (TPSA) is 45.8 Å². The Kier molecular flexibility index (Phi) is 2.41. The zero-order valence-corrected chi connectivity index (χ0v) is 9.35. The van der Waals surface area contributed by atoms with Gasteiger partial charge in [-0.25, -0.2) is 4.39 Å². The van der Waals surface area contributed by atoms with Crippen molar-refractivity contribution in [3.8, 4) is 11.3 Å². The van der Waals surface area contributed by atoms with Gasteiger partial charge in [0.1, 0.15) is 5.82 Å². The van der Waals surface area contributed by atoms with Crippen LogP contribution in [0.3, 0.4) is 0 Å². The Morgan fingerprint density at radius 3 is 2.67 bits per heavy atom. The Morgan fingerprint density at radius 1 is 1.17 bits per heavy atom. The molecule has 1 aromatic carbocycles. The summed E-state index contributed by atoms with van der Waals surface area (Å²) in [6, 6.07) is 7.95. The Balaban J connectivity index is 2.33. The number of aldehydes is 1. The molecule has 3 nitrogen and oxygen atoms in total. The number of aromatic amines is 1. The van der Waals surface area contributed by atoms with E-state index in [0.717, 1.165) is 17.4 Å². The minimum Gasteiger partial charge on any atom is -0.354 e. The number of H-pyrrole nitrogens is 1. The van der Waals surface area contributed by atoms with E-state index >= 15 is 0 Å². The van der Waals surface area contributed by atoms with Crippen LogP contribution in [0.1, 0.15) is 10.4 Å². The molecule has 1 N–H and O–H groups in total. The molecule has 0 radical (unpaired) electrons. The third-order valence-corrected chi connectivity index (χ3v) is 2.89. The van der Waals surface area contributed by atoms with Gasteiger partial charge < -0.3 is 4.98 Å². The Bertz CT molecular complexity index is 719. The lowest BCUT2D eigenvalue weighted by Crippen LogP contribution is -1.84. The SMILES string of the molecule is O=Cc1c(-c2ccncc2)[nH]c2ccc(F)cc12. The molecule has 88 valence electrons. The minimum atomic E-state index is -0.356. The van der Waals surface area contributed by atoms with Crippen LogP contribution in [0.15, 0.2) is 42.7 Å². The van der Waals surface area contributed by atoms with Crippen molar-refractivity contribution in [3.63, 3.8) is 0 Å². The van der Waals surface area contributed by atoms with Gasteiger partial charge in [-0.1, -0.05) is 0 Å². The number of rotatable bonds is 2. The number of pyridine rings is 1. The average Bonchev–Trinajstić information content (AvgIpc) is 2.77. The highest BCUT2D eigenvalue weighted by molar-refractivity contribution is 6.04. The van der Waals surface area contributed by atoms with Gasteiger partial charge in [0.2, 0.25) is 0 Å². The molecule has 4 heteroatoms. The Labute approximate surface area is 102 Å². The van der Waals surface area contributed by atoms with Gasteiger partial charge in [0.25, 0.3) is 0 Å². The number of fused-ring (bicyclic) bond motifs is 1. The van der Waals surface area contributed by atoms with E-state index in [4.69, 9.17) is 0 Å². The molecule has 0 bridgehead atoms. The van der Waals surface area contributed by atoms with Crippen molar-refractivity contribution in [2.45, 2.75) is 0 Å². The summed E-state index contributed by atoms with van der Waals surface area (Å²) in [5, 5.41) is 0.594. The van der Waals surface area contributed by atoms with Crippen LogP contribution in [-0.2, 0) is 0 Å². The summed E-state index contributed by atoms with van der Waals surface area (Å²) in [5.41, 5.74) is 2.75. The fourth-order valence-corrected chi connectivity index (χ4v) is 2.05. The van der Waals surface area contributed by atoms with E-state index in [-0.39, 0.29) is 5.82 Å². The molecular formula is C14H9FN2O. The number of hydrogen-bond acceptors (Lipinski definition) is 2. The smallest absolute Gasteiger partial charge is 0.152 e. The lowest BCUT2D eigenvalue weighted by Gasteiger charge is -1.98. The van der Waals surface area contributed by atoms with Crippen LogP contribution in [0.5, 0.6) is 0 Å². The highest BCUT2D eigenvalue weighted by atomic mass is 19.1. The summed E-state index contributed by atoms with van der Waals surface area (Å²) in [7, 11) is 0. The van der Waals surface area contributed by atoms with Gasteiger partial charge in [0, 0.05) is 34.4 Å². The minimum absolute atomic E-state index is 0.356. The fourth-order valence-electron chi connectivity index (χ4n) is 2.05. The van der Waals surface area contributed by atoms with E-state index in [2.05, 4.69) is 9.97 Å². The molecule has 0 atom stereocenters. The van der Waals surface area contributed by atoms with Gasteiger partial charge in [0.05, 0.1) is 5.69 Å². The van der Waals surface area contributed by atoms with Gasteiger partial charge in [0.15, 0.2) is 6.29 Å². The predicted molar refractivity (Wildman–Crippen MR) is 66.9 cm³/mol. The number of carbonyl (C=O) groups excluding carboxylic acids is 1. The molecule has 0 spiro atoms. The fraction of sp³-hybridized carbons (Fsp3) is 0. The van der Waals surface area contributed by atoms with Crippen LogP contribution in [0.2, 0.25) is 0 Å². The van der Waals surface area contributed by atoms with Gasteiger partial charge in [-0.2, -0.15) is 0 Å². The summed E-state index contributed by atoms with van der Waals surface area (Å²) in [5.74, 6) is -0.356. The molecule has 0 aliphatic heterocycles. The van der Waals surface area contributed by atoms with E-state index in [0.29, 0.717) is 16.6 Å². The first-order chi connectivity index (χ1) is 8.79. The van der Waals surface area contributed by atoms with E-state index < -0.39 is 0 Å². The predicted octanol–water partition coefficient (Wildman–Crippen LogP) is 3.18. The van der Waals surface area contributed by atoms with E-state index in [9.17, 15) is 9.18 Å². The number of benzene rings is 1. The maximum Gasteiger partial charge on any atom is 0.152 e. The van der Waals surface area contributed by atoms with Crippen molar-refractivity contribution in [1.82, 2.24) is 9.97 Å². The molecule has 0 aliphatic carbocycles. The first-order valence-corrected chi connectivity index (χ1v) is 5.46. The lowest BCUT2D eigenvalue weighted by molar-refractivity contribution is 0.112. The van der Waals surface area contributed by atoms with Gasteiger partial charge in [-0.15, -0.1) is 0 Å². The molecule has 0 fully saturated rings. The van der Waals surface area contributed by atoms with E-state index in [1.54, 1.807) is 30.6 Å². The highest BCUT2D eigenvalue weighted by Crippen LogP contribution is 2.29. The van der Waals surface area contributed by atoms with Crippen molar-refractivity contribution in [1.29, 1.82) is 0 Å².